The number of hydrogen-bond acceptors (Lipinski definition) is 1. The molecule has 1 N–H and O–H groups in total. The van der Waals surface area contributed by atoms with Gasteiger partial charge in [0.2, 0.25) is 0 Å². The maximum absolute atomic E-state index is 14.3. The van der Waals surface area contributed by atoms with Gasteiger partial charge >= 0.3 is 0 Å². The molecule has 0 radical (unpaired) electrons. The number of benzene rings is 2. The van der Waals surface area contributed by atoms with Crippen molar-refractivity contribution in [3.8, 4) is 0 Å². The lowest BCUT2D eigenvalue weighted by Crippen LogP contribution is -2.08. The monoisotopic (exact) mass is 296 g/mol. The molecule has 2 rings (SSSR count). The highest BCUT2D eigenvalue weighted by molar-refractivity contribution is 9.10. The van der Waals surface area contributed by atoms with Crippen LogP contribution >= 0.6 is 15.9 Å². The fourth-order valence-corrected chi connectivity index (χ4v) is 2.48. The van der Waals surface area contributed by atoms with Gasteiger partial charge in [-0.05, 0) is 17.4 Å². The van der Waals surface area contributed by atoms with Crippen molar-refractivity contribution in [2.24, 2.45) is 5.92 Å². The summed E-state index contributed by atoms with van der Waals surface area (Å²) in [4.78, 5) is 0. The SMILES string of the molecule is CC(C)C(O)c1cc(Br)c2ccccc2c1F. The Bertz CT molecular complexity index is 551. The van der Waals surface area contributed by atoms with E-state index in [9.17, 15) is 9.50 Å². The molecule has 0 heterocycles. The number of halogens is 2. The maximum atomic E-state index is 14.3. The lowest BCUT2D eigenvalue weighted by atomic mass is 9.96. The molecule has 0 spiro atoms. The quantitative estimate of drug-likeness (QED) is 0.869. The first kappa shape index (κ1) is 12.5. The fraction of sp³-hybridized carbons (Fsp3) is 0.286. The average molecular weight is 297 g/mol. The largest absolute Gasteiger partial charge is 0.388 e. The molecule has 0 amide bonds. The fourth-order valence-electron chi connectivity index (χ4n) is 1.89. The Morgan fingerprint density at radius 1 is 1.18 bits per heavy atom. The van der Waals surface area contributed by atoms with Crippen molar-refractivity contribution in [2.45, 2.75) is 20.0 Å². The molecule has 0 aromatic heterocycles. The molecular formula is C14H14BrFO. The van der Waals surface area contributed by atoms with Crippen LogP contribution in [0, 0.1) is 11.7 Å². The zero-order chi connectivity index (χ0) is 12.6. The summed E-state index contributed by atoms with van der Waals surface area (Å²) in [7, 11) is 0. The zero-order valence-corrected chi connectivity index (χ0v) is 11.3. The number of aliphatic hydroxyl groups excluding tert-OH is 1. The van der Waals surface area contributed by atoms with Gasteiger partial charge in [-0.15, -0.1) is 0 Å². The molecule has 0 saturated heterocycles. The van der Waals surface area contributed by atoms with E-state index in [0.29, 0.717) is 10.9 Å². The molecule has 0 bridgehead atoms. The molecule has 90 valence electrons. The third-order valence-corrected chi connectivity index (χ3v) is 3.56. The maximum Gasteiger partial charge on any atom is 0.136 e. The van der Waals surface area contributed by atoms with Gasteiger partial charge in [-0.2, -0.15) is 0 Å². The smallest absolute Gasteiger partial charge is 0.136 e. The van der Waals surface area contributed by atoms with Gasteiger partial charge in [-0.25, -0.2) is 4.39 Å². The highest BCUT2D eigenvalue weighted by Gasteiger charge is 2.19. The predicted octanol–water partition coefficient (Wildman–Crippen LogP) is 4.43. The van der Waals surface area contributed by atoms with E-state index in [2.05, 4.69) is 15.9 Å². The third kappa shape index (κ3) is 2.22. The normalized spacial score (nSPS) is 13.3. The molecule has 0 aliphatic carbocycles. The van der Waals surface area contributed by atoms with Gasteiger partial charge in [0, 0.05) is 15.4 Å². The molecule has 17 heavy (non-hydrogen) atoms. The van der Waals surface area contributed by atoms with Crippen molar-refractivity contribution in [2.75, 3.05) is 0 Å². The molecule has 2 aromatic carbocycles. The molecule has 3 heteroatoms. The minimum atomic E-state index is -0.782. The third-order valence-electron chi connectivity index (χ3n) is 2.91. The molecule has 0 aliphatic rings. The standard InChI is InChI=1S/C14H14BrFO/c1-8(2)14(17)11-7-12(15)9-5-3-4-6-10(9)13(11)16/h3-8,14,17H,1-2H3. The average Bonchev–Trinajstić information content (AvgIpc) is 2.33. The first-order chi connectivity index (χ1) is 8.02. The summed E-state index contributed by atoms with van der Waals surface area (Å²) in [5.74, 6) is -0.345. The van der Waals surface area contributed by atoms with Gasteiger partial charge in [0.05, 0.1) is 6.10 Å². The van der Waals surface area contributed by atoms with Crippen LogP contribution in [-0.2, 0) is 0 Å². The van der Waals surface area contributed by atoms with E-state index in [4.69, 9.17) is 0 Å². The first-order valence-corrected chi connectivity index (χ1v) is 6.36. The van der Waals surface area contributed by atoms with E-state index in [1.807, 2.05) is 26.0 Å². The van der Waals surface area contributed by atoms with Crippen molar-refractivity contribution in [1.82, 2.24) is 0 Å². The van der Waals surface area contributed by atoms with Crippen molar-refractivity contribution in [3.63, 3.8) is 0 Å². The van der Waals surface area contributed by atoms with Crippen LogP contribution in [0.2, 0.25) is 0 Å². The van der Waals surface area contributed by atoms with E-state index in [0.717, 1.165) is 9.86 Å². The van der Waals surface area contributed by atoms with E-state index in [1.165, 1.54) is 0 Å². The molecule has 0 fully saturated rings. The summed E-state index contributed by atoms with van der Waals surface area (Å²) in [6, 6.07) is 8.91. The number of hydrogen-bond donors (Lipinski definition) is 1. The molecule has 0 aliphatic heterocycles. The number of fused-ring (bicyclic) bond motifs is 1. The summed E-state index contributed by atoms with van der Waals surface area (Å²) >= 11 is 3.42. The highest BCUT2D eigenvalue weighted by Crippen LogP contribution is 2.33. The van der Waals surface area contributed by atoms with Crippen LogP contribution < -0.4 is 0 Å². The summed E-state index contributed by atoms with van der Waals surface area (Å²) in [5, 5.41) is 11.4. The Morgan fingerprint density at radius 2 is 1.76 bits per heavy atom. The van der Waals surface area contributed by atoms with E-state index >= 15 is 0 Å². The summed E-state index contributed by atoms with van der Waals surface area (Å²) in [5.41, 5.74) is 0.352. The Balaban J connectivity index is 2.71. The van der Waals surface area contributed by atoms with Crippen molar-refractivity contribution in [3.05, 3.63) is 46.2 Å². The number of aliphatic hydroxyl groups is 1. The molecule has 1 atom stereocenters. The minimum absolute atomic E-state index is 0.0161. The first-order valence-electron chi connectivity index (χ1n) is 5.57. The highest BCUT2D eigenvalue weighted by atomic mass is 79.9. The Kier molecular flexibility index (Phi) is 3.50. The lowest BCUT2D eigenvalue weighted by molar-refractivity contribution is 0.123. The van der Waals surface area contributed by atoms with Gasteiger partial charge in [0.15, 0.2) is 0 Å². The summed E-state index contributed by atoms with van der Waals surface area (Å²) in [6.07, 6.45) is -0.782. The van der Waals surface area contributed by atoms with Crippen molar-refractivity contribution in [1.29, 1.82) is 0 Å². The second-order valence-electron chi connectivity index (χ2n) is 4.50. The lowest BCUT2D eigenvalue weighted by Gasteiger charge is -2.17. The Labute approximate surface area is 108 Å². The predicted molar refractivity (Wildman–Crippen MR) is 71.4 cm³/mol. The topological polar surface area (TPSA) is 20.2 Å². The summed E-state index contributed by atoms with van der Waals surface area (Å²) in [6.45, 7) is 3.74. The zero-order valence-electron chi connectivity index (χ0n) is 9.74. The Hall–Kier alpha value is -0.930. The van der Waals surface area contributed by atoms with Gasteiger partial charge in [0.1, 0.15) is 5.82 Å². The van der Waals surface area contributed by atoms with Crippen LogP contribution in [0.3, 0.4) is 0 Å². The van der Waals surface area contributed by atoms with Crippen LogP contribution in [0.4, 0.5) is 4.39 Å². The Morgan fingerprint density at radius 3 is 2.35 bits per heavy atom. The van der Waals surface area contributed by atoms with Crippen LogP contribution in [0.5, 0.6) is 0 Å². The van der Waals surface area contributed by atoms with Crippen LogP contribution in [0.25, 0.3) is 10.8 Å². The molecule has 1 unspecified atom stereocenters. The van der Waals surface area contributed by atoms with Crippen LogP contribution in [0.15, 0.2) is 34.8 Å². The van der Waals surface area contributed by atoms with Crippen molar-refractivity contribution >= 4 is 26.7 Å². The second-order valence-corrected chi connectivity index (χ2v) is 5.35. The molecule has 0 saturated carbocycles. The minimum Gasteiger partial charge on any atom is -0.388 e. The van der Waals surface area contributed by atoms with E-state index < -0.39 is 6.10 Å². The van der Waals surface area contributed by atoms with Gasteiger partial charge in [0.25, 0.3) is 0 Å². The number of rotatable bonds is 2. The van der Waals surface area contributed by atoms with Gasteiger partial charge in [-0.1, -0.05) is 54.0 Å². The van der Waals surface area contributed by atoms with E-state index in [1.54, 1.807) is 18.2 Å². The van der Waals surface area contributed by atoms with Gasteiger partial charge < -0.3 is 5.11 Å². The molecular weight excluding hydrogens is 283 g/mol. The van der Waals surface area contributed by atoms with Crippen LogP contribution in [-0.4, -0.2) is 5.11 Å². The van der Waals surface area contributed by atoms with Crippen molar-refractivity contribution < 1.29 is 9.50 Å². The molecule has 1 nitrogen and oxygen atoms in total. The van der Waals surface area contributed by atoms with Crippen LogP contribution in [0.1, 0.15) is 25.5 Å². The second kappa shape index (κ2) is 4.75. The summed E-state index contributed by atoms with van der Waals surface area (Å²) < 4.78 is 15.1. The molecule has 2 aromatic rings. The van der Waals surface area contributed by atoms with E-state index in [-0.39, 0.29) is 11.7 Å². The van der Waals surface area contributed by atoms with Gasteiger partial charge in [-0.3, -0.25) is 0 Å².